The fraction of sp³-hybridized carbons (Fsp3) is 0.538. The highest BCUT2D eigenvalue weighted by Crippen LogP contribution is 2.30. The zero-order valence-electron chi connectivity index (χ0n) is 10.1. The second-order valence-corrected chi connectivity index (χ2v) is 3.85. The number of hydrogen-bond donors (Lipinski definition) is 1. The Balaban J connectivity index is 2.77. The number of alkyl halides is 2. The lowest BCUT2D eigenvalue weighted by Gasteiger charge is -2.21. The summed E-state index contributed by atoms with van der Waals surface area (Å²) in [4.78, 5) is 0. The van der Waals surface area contributed by atoms with Crippen LogP contribution in [0.3, 0.4) is 0 Å². The molecule has 0 bridgehead atoms. The Morgan fingerprint density at radius 3 is 2.18 bits per heavy atom. The first kappa shape index (κ1) is 13.9. The second kappa shape index (κ2) is 6.55. The van der Waals surface area contributed by atoms with Crippen LogP contribution in [-0.4, -0.2) is 18.1 Å². The van der Waals surface area contributed by atoms with Gasteiger partial charge in [-0.1, -0.05) is 19.1 Å². The number of hydrogen-bond acceptors (Lipinski definition) is 2. The average molecular weight is 244 g/mol. The van der Waals surface area contributed by atoms with Gasteiger partial charge in [0.25, 0.3) is 0 Å². The molecule has 0 aliphatic heterocycles. The highest BCUT2D eigenvalue weighted by Gasteiger charge is 2.27. The minimum absolute atomic E-state index is 0.242. The molecule has 17 heavy (non-hydrogen) atoms. The molecule has 4 heteroatoms. The molecule has 0 fully saturated rings. The summed E-state index contributed by atoms with van der Waals surface area (Å²) >= 11 is 0. The van der Waals surface area contributed by atoms with Crippen LogP contribution in [0.2, 0.25) is 0 Å². The summed E-state index contributed by atoms with van der Waals surface area (Å²) in [7, 11) is 0. The molecule has 2 nitrogen and oxygen atoms in total. The monoisotopic (exact) mass is 244 g/mol. The molecule has 0 saturated heterocycles. The molecule has 2 unspecified atom stereocenters. The highest BCUT2D eigenvalue weighted by molar-refractivity contribution is 5.28. The van der Waals surface area contributed by atoms with E-state index in [1.54, 1.807) is 31.2 Å². The third-order valence-corrected chi connectivity index (χ3v) is 2.73. The van der Waals surface area contributed by atoms with E-state index in [9.17, 15) is 13.9 Å². The Morgan fingerprint density at radius 1 is 1.18 bits per heavy atom. The summed E-state index contributed by atoms with van der Waals surface area (Å²) in [5.41, 5.74) is 0.501. The lowest BCUT2D eigenvalue weighted by atomic mass is 9.94. The van der Waals surface area contributed by atoms with Crippen LogP contribution in [0.5, 0.6) is 5.75 Å². The van der Waals surface area contributed by atoms with Crippen molar-refractivity contribution in [3.8, 4) is 5.75 Å². The zero-order chi connectivity index (χ0) is 12.8. The summed E-state index contributed by atoms with van der Waals surface area (Å²) < 4.78 is 30.5. The van der Waals surface area contributed by atoms with E-state index < -0.39 is 18.4 Å². The van der Waals surface area contributed by atoms with Crippen LogP contribution in [0.25, 0.3) is 0 Å². The normalized spacial score (nSPS) is 14.7. The molecule has 0 spiro atoms. The Hall–Kier alpha value is -1.16. The van der Waals surface area contributed by atoms with Crippen molar-refractivity contribution in [3.63, 3.8) is 0 Å². The highest BCUT2D eigenvalue weighted by atomic mass is 19.3. The molecule has 1 N–H and O–H groups in total. The van der Waals surface area contributed by atoms with Gasteiger partial charge in [0.05, 0.1) is 12.7 Å². The number of halogens is 2. The predicted octanol–water partition coefficient (Wildman–Crippen LogP) is 3.41. The maximum Gasteiger partial charge on any atom is 0.244 e. The van der Waals surface area contributed by atoms with Gasteiger partial charge in [-0.25, -0.2) is 8.78 Å². The summed E-state index contributed by atoms with van der Waals surface area (Å²) in [6.45, 7) is 4.07. The molecule has 0 radical (unpaired) electrons. The summed E-state index contributed by atoms with van der Waals surface area (Å²) in [6.07, 6.45) is -3.40. The van der Waals surface area contributed by atoms with Crippen LogP contribution in [-0.2, 0) is 0 Å². The first-order valence-electron chi connectivity index (χ1n) is 5.79. The standard InChI is InChI=1S/C13H18F2O2/c1-3-11(13(14)15)12(16)9-5-7-10(8-6-9)17-4-2/h5-8,11-13,16H,3-4H2,1-2H3. The molecule has 0 amide bonds. The van der Waals surface area contributed by atoms with Crippen LogP contribution in [0.1, 0.15) is 31.9 Å². The van der Waals surface area contributed by atoms with Crippen molar-refractivity contribution in [2.24, 2.45) is 5.92 Å². The topological polar surface area (TPSA) is 29.5 Å². The Labute approximate surface area is 100 Å². The average Bonchev–Trinajstić information content (AvgIpc) is 2.30. The molecule has 0 aliphatic carbocycles. The molecule has 1 aromatic rings. The van der Waals surface area contributed by atoms with Gasteiger partial charge < -0.3 is 9.84 Å². The Bertz CT molecular complexity index is 325. The van der Waals surface area contributed by atoms with Crippen molar-refractivity contribution < 1.29 is 18.6 Å². The van der Waals surface area contributed by atoms with Gasteiger partial charge in [0, 0.05) is 5.92 Å². The molecule has 0 aromatic heterocycles. The van der Waals surface area contributed by atoms with Crippen LogP contribution < -0.4 is 4.74 Å². The van der Waals surface area contributed by atoms with Crippen molar-refractivity contribution in [1.29, 1.82) is 0 Å². The molecular formula is C13H18F2O2. The maximum absolute atomic E-state index is 12.7. The van der Waals surface area contributed by atoms with E-state index in [0.29, 0.717) is 17.9 Å². The van der Waals surface area contributed by atoms with Crippen LogP contribution in [0, 0.1) is 5.92 Å². The molecule has 0 aliphatic rings. The zero-order valence-corrected chi connectivity index (χ0v) is 10.1. The minimum atomic E-state index is -2.51. The summed E-state index contributed by atoms with van der Waals surface area (Å²) in [5.74, 6) is -0.346. The number of rotatable bonds is 6. The second-order valence-electron chi connectivity index (χ2n) is 3.85. The minimum Gasteiger partial charge on any atom is -0.494 e. The molecule has 1 aromatic carbocycles. The molecule has 0 heterocycles. The van der Waals surface area contributed by atoms with Gasteiger partial charge in [0.15, 0.2) is 0 Å². The van der Waals surface area contributed by atoms with E-state index in [4.69, 9.17) is 4.74 Å². The van der Waals surface area contributed by atoms with E-state index in [1.807, 2.05) is 6.92 Å². The first-order valence-corrected chi connectivity index (χ1v) is 5.79. The van der Waals surface area contributed by atoms with Crippen LogP contribution >= 0.6 is 0 Å². The predicted molar refractivity (Wildman–Crippen MR) is 62.4 cm³/mol. The third-order valence-electron chi connectivity index (χ3n) is 2.73. The van der Waals surface area contributed by atoms with E-state index in [0.717, 1.165) is 0 Å². The molecule has 96 valence electrons. The molecular weight excluding hydrogens is 226 g/mol. The smallest absolute Gasteiger partial charge is 0.244 e. The number of ether oxygens (including phenoxy) is 1. The maximum atomic E-state index is 12.7. The lowest BCUT2D eigenvalue weighted by Crippen LogP contribution is -2.19. The van der Waals surface area contributed by atoms with Crippen LogP contribution in [0.15, 0.2) is 24.3 Å². The quantitative estimate of drug-likeness (QED) is 0.831. The Morgan fingerprint density at radius 2 is 1.76 bits per heavy atom. The van der Waals surface area contributed by atoms with Gasteiger partial charge in [-0.2, -0.15) is 0 Å². The lowest BCUT2D eigenvalue weighted by molar-refractivity contribution is -0.0110. The molecule has 2 atom stereocenters. The van der Waals surface area contributed by atoms with Gasteiger partial charge >= 0.3 is 0 Å². The van der Waals surface area contributed by atoms with Gasteiger partial charge in [-0.15, -0.1) is 0 Å². The van der Waals surface area contributed by atoms with Gasteiger partial charge in [-0.3, -0.25) is 0 Å². The third kappa shape index (κ3) is 3.66. The Kier molecular flexibility index (Phi) is 5.35. The van der Waals surface area contributed by atoms with E-state index in [1.165, 1.54) is 0 Å². The first-order chi connectivity index (χ1) is 8.10. The number of aliphatic hydroxyl groups is 1. The van der Waals surface area contributed by atoms with Gasteiger partial charge in [0.1, 0.15) is 5.75 Å². The van der Waals surface area contributed by atoms with Crippen molar-refractivity contribution in [1.82, 2.24) is 0 Å². The fourth-order valence-corrected chi connectivity index (χ4v) is 1.71. The largest absolute Gasteiger partial charge is 0.494 e. The SMILES string of the molecule is CCOc1ccc(C(O)C(CC)C(F)F)cc1. The van der Waals surface area contributed by atoms with E-state index >= 15 is 0 Å². The van der Waals surface area contributed by atoms with Crippen molar-refractivity contribution in [2.75, 3.05) is 6.61 Å². The molecule has 0 saturated carbocycles. The summed E-state index contributed by atoms with van der Waals surface area (Å²) in [5, 5.41) is 9.85. The van der Waals surface area contributed by atoms with Crippen molar-refractivity contribution >= 4 is 0 Å². The van der Waals surface area contributed by atoms with E-state index in [2.05, 4.69) is 0 Å². The van der Waals surface area contributed by atoms with Gasteiger partial charge in [-0.05, 0) is 31.0 Å². The van der Waals surface area contributed by atoms with Crippen LogP contribution in [0.4, 0.5) is 8.78 Å². The molecule has 1 rings (SSSR count). The van der Waals surface area contributed by atoms with Crippen molar-refractivity contribution in [3.05, 3.63) is 29.8 Å². The number of benzene rings is 1. The summed E-state index contributed by atoms with van der Waals surface area (Å²) in [6, 6.07) is 6.61. The number of aliphatic hydroxyl groups excluding tert-OH is 1. The van der Waals surface area contributed by atoms with Crippen molar-refractivity contribution in [2.45, 2.75) is 32.8 Å². The fourth-order valence-electron chi connectivity index (χ4n) is 1.71. The van der Waals surface area contributed by atoms with Gasteiger partial charge in [0.2, 0.25) is 6.43 Å². The van der Waals surface area contributed by atoms with E-state index in [-0.39, 0.29) is 6.42 Å².